The van der Waals surface area contributed by atoms with Gasteiger partial charge in [0.1, 0.15) is 0 Å². The molecule has 0 radical (unpaired) electrons. The SMILES string of the molecule is CC=CC=CCCCCC=CC. The zero-order chi connectivity index (χ0) is 9.07. The molecule has 0 spiro atoms. The molecule has 0 unspecified atom stereocenters. The largest absolute Gasteiger partial charge is 0.0917 e. The fourth-order valence-electron chi connectivity index (χ4n) is 0.977. The number of hydrogen-bond donors (Lipinski definition) is 0. The molecule has 0 aliphatic heterocycles. The number of rotatable bonds is 6. The number of allylic oxidation sites excluding steroid dienone is 6. The summed E-state index contributed by atoms with van der Waals surface area (Å²) < 4.78 is 0. The summed E-state index contributed by atoms with van der Waals surface area (Å²) in [4.78, 5) is 0. The Labute approximate surface area is 76.7 Å². The second-order valence-electron chi connectivity index (χ2n) is 2.81. The predicted molar refractivity (Wildman–Crippen MR) is 57.2 cm³/mol. The Morgan fingerprint density at radius 2 is 1.42 bits per heavy atom. The van der Waals surface area contributed by atoms with Crippen LogP contribution in [0.25, 0.3) is 0 Å². The molecule has 0 aliphatic carbocycles. The van der Waals surface area contributed by atoms with Gasteiger partial charge in [0.2, 0.25) is 0 Å². The third kappa shape index (κ3) is 9.22. The van der Waals surface area contributed by atoms with Crippen molar-refractivity contribution in [3.8, 4) is 0 Å². The summed E-state index contributed by atoms with van der Waals surface area (Å²) in [7, 11) is 0. The second-order valence-corrected chi connectivity index (χ2v) is 2.81. The first-order valence-corrected chi connectivity index (χ1v) is 4.80. The molecular formula is C12H20. The van der Waals surface area contributed by atoms with Gasteiger partial charge in [0.15, 0.2) is 0 Å². The van der Waals surface area contributed by atoms with E-state index in [0.29, 0.717) is 0 Å². The molecule has 0 atom stereocenters. The zero-order valence-electron chi connectivity index (χ0n) is 8.29. The molecule has 0 nitrogen and oxygen atoms in total. The molecule has 0 saturated carbocycles. The minimum Gasteiger partial charge on any atom is -0.0917 e. The van der Waals surface area contributed by atoms with Crippen LogP contribution in [0.15, 0.2) is 36.5 Å². The molecule has 0 aliphatic rings. The first-order valence-electron chi connectivity index (χ1n) is 4.80. The Balaban J connectivity index is 3.10. The summed E-state index contributed by atoms with van der Waals surface area (Å²) in [6, 6.07) is 0. The fraction of sp³-hybridized carbons (Fsp3) is 0.500. The highest BCUT2D eigenvalue weighted by Gasteiger charge is 1.81. The van der Waals surface area contributed by atoms with E-state index in [2.05, 4.69) is 43.4 Å². The van der Waals surface area contributed by atoms with Gasteiger partial charge >= 0.3 is 0 Å². The molecule has 0 fully saturated rings. The molecule has 0 saturated heterocycles. The van der Waals surface area contributed by atoms with Crippen LogP contribution in [0, 0.1) is 0 Å². The van der Waals surface area contributed by atoms with E-state index in [1.165, 1.54) is 25.7 Å². The summed E-state index contributed by atoms with van der Waals surface area (Å²) in [5.74, 6) is 0. The average molecular weight is 164 g/mol. The Morgan fingerprint density at radius 3 is 2.00 bits per heavy atom. The van der Waals surface area contributed by atoms with E-state index in [4.69, 9.17) is 0 Å². The van der Waals surface area contributed by atoms with Crippen LogP contribution < -0.4 is 0 Å². The zero-order valence-corrected chi connectivity index (χ0v) is 8.29. The van der Waals surface area contributed by atoms with E-state index >= 15 is 0 Å². The van der Waals surface area contributed by atoms with Gasteiger partial charge in [-0.25, -0.2) is 0 Å². The van der Waals surface area contributed by atoms with Crippen molar-refractivity contribution in [2.24, 2.45) is 0 Å². The highest BCUT2D eigenvalue weighted by atomic mass is 13.9. The van der Waals surface area contributed by atoms with E-state index in [-0.39, 0.29) is 0 Å². The van der Waals surface area contributed by atoms with E-state index in [1.54, 1.807) is 0 Å². The molecule has 0 heterocycles. The van der Waals surface area contributed by atoms with Crippen LogP contribution in [0.2, 0.25) is 0 Å². The maximum absolute atomic E-state index is 2.23. The molecule has 0 amide bonds. The van der Waals surface area contributed by atoms with Crippen LogP contribution in [0.5, 0.6) is 0 Å². The third-order valence-electron chi connectivity index (χ3n) is 1.67. The summed E-state index contributed by atoms with van der Waals surface area (Å²) in [6.45, 7) is 4.11. The molecule has 0 aromatic carbocycles. The number of hydrogen-bond acceptors (Lipinski definition) is 0. The molecule has 0 rings (SSSR count). The lowest BCUT2D eigenvalue weighted by molar-refractivity contribution is 0.762. The van der Waals surface area contributed by atoms with Gasteiger partial charge in [-0.3, -0.25) is 0 Å². The summed E-state index contributed by atoms with van der Waals surface area (Å²) in [6.07, 6.45) is 17.9. The summed E-state index contributed by atoms with van der Waals surface area (Å²) in [5, 5.41) is 0. The van der Waals surface area contributed by atoms with E-state index in [0.717, 1.165) is 0 Å². The monoisotopic (exact) mass is 164 g/mol. The lowest BCUT2D eigenvalue weighted by Crippen LogP contribution is -1.71. The van der Waals surface area contributed by atoms with Crippen LogP contribution in [0.3, 0.4) is 0 Å². The van der Waals surface area contributed by atoms with E-state index in [9.17, 15) is 0 Å². The van der Waals surface area contributed by atoms with E-state index < -0.39 is 0 Å². The van der Waals surface area contributed by atoms with Crippen LogP contribution in [-0.4, -0.2) is 0 Å². The molecule has 0 N–H and O–H groups in total. The van der Waals surface area contributed by atoms with Gasteiger partial charge in [-0.15, -0.1) is 0 Å². The predicted octanol–water partition coefficient (Wildman–Crippen LogP) is 4.26. The molecule has 0 bridgehead atoms. The standard InChI is InChI=1S/C12H20/c1-3-5-7-9-11-12-10-8-6-4-2/h3-7,9H,8,10-12H2,1-2H3. The van der Waals surface area contributed by atoms with Crippen LogP contribution >= 0.6 is 0 Å². The molecule has 0 heteroatoms. The van der Waals surface area contributed by atoms with E-state index in [1.807, 2.05) is 6.92 Å². The third-order valence-corrected chi connectivity index (χ3v) is 1.67. The van der Waals surface area contributed by atoms with Gasteiger partial charge in [-0.1, -0.05) is 36.5 Å². The minimum absolute atomic E-state index is 1.21. The highest BCUT2D eigenvalue weighted by Crippen LogP contribution is 2.01. The quantitative estimate of drug-likeness (QED) is 0.313. The lowest BCUT2D eigenvalue weighted by atomic mass is 10.2. The topological polar surface area (TPSA) is 0 Å². The average Bonchev–Trinajstić information content (AvgIpc) is 2.10. The van der Waals surface area contributed by atoms with Crippen molar-refractivity contribution in [2.75, 3.05) is 0 Å². The lowest BCUT2D eigenvalue weighted by Gasteiger charge is -1.91. The molecule has 0 aromatic rings. The van der Waals surface area contributed by atoms with Gasteiger partial charge < -0.3 is 0 Å². The first-order chi connectivity index (χ1) is 5.91. The normalized spacial score (nSPS) is 12.5. The Morgan fingerprint density at radius 1 is 0.750 bits per heavy atom. The van der Waals surface area contributed by atoms with Gasteiger partial charge in [0, 0.05) is 0 Å². The van der Waals surface area contributed by atoms with Gasteiger partial charge in [-0.05, 0) is 39.5 Å². The van der Waals surface area contributed by atoms with Gasteiger partial charge in [0.25, 0.3) is 0 Å². The Hall–Kier alpha value is -0.780. The second kappa shape index (κ2) is 10.2. The van der Waals surface area contributed by atoms with Crippen LogP contribution in [0.1, 0.15) is 39.5 Å². The van der Waals surface area contributed by atoms with Gasteiger partial charge in [0.05, 0.1) is 0 Å². The molecular weight excluding hydrogens is 144 g/mol. The number of unbranched alkanes of at least 4 members (excludes halogenated alkanes) is 3. The van der Waals surface area contributed by atoms with Crippen LogP contribution in [0.4, 0.5) is 0 Å². The van der Waals surface area contributed by atoms with Crippen molar-refractivity contribution in [3.05, 3.63) is 36.5 Å². The highest BCUT2D eigenvalue weighted by molar-refractivity contribution is 5.00. The van der Waals surface area contributed by atoms with Gasteiger partial charge in [-0.2, -0.15) is 0 Å². The molecule has 0 aromatic heterocycles. The molecule has 68 valence electrons. The van der Waals surface area contributed by atoms with Crippen LogP contribution in [-0.2, 0) is 0 Å². The van der Waals surface area contributed by atoms with Crippen molar-refractivity contribution >= 4 is 0 Å². The Bertz CT molecular complexity index is 149. The summed E-state index contributed by atoms with van der Waals surface area (Å²) >= 11 is 0. The first kappa shape index (κ1) is 11.2. The smallest absolute Gasteiger partial charge is 0.0347 e. The minimum atomic E-state index is 1.21. The van der Waals surface area contributed by atoms with Crippen molar-refractivity contribution in [2.45, 2.75) is 39.5 Å². The summed E-state index contributed by atoms with van der Waals surface area (Å²) in [5.41, 5.74) is 0. The van der Waals surface area contributed by atoms with Crippen molar-refractivity contribution in [1.82, 2.24) is 0 Å². The van der Waals surface area contributed by atoms with Crippen molar-refractivity contribution < 1.29 is 0 Å². The van der Waals surface area contributed by atoms with Crippen molar-refractivity contribution in [3.63, 3.8) is 0 Å². The maximum atomic E-state index is 2.23. The van der Waals surface area contributed by atoms with Crippen molar-refractivity contribution in [1.29, 1.82) is 0 Å². The molecule has 12 heavy (non-hydrogen) atoms. The maximum Gasteiger partial charge on any atom is -0.0347 e. The Kier molecular flexibility index (Phi) is 9.56. The fourth-order valence-corrected chi connectivity index (χ4v) is 0.977.